The van der Waals surface area contributed by atoms with Gasteiger partial charge >= 0.3 is 5.97 Å². The number of esters is 1. The predicted octanol–water partition coefficient (Wildman–Crippen LogP) is 2.97. The third-order valence-corrected chi connectivity index (χ3v) is 6.32. The van der Waals surface area contributed by atoms with Crippen molar-refractivity contribution in [3.8, 4) is 0 Å². The van der Waals surface area contributed by atoms with Crippen LogP contribution in [-0.4, -0.2) is 48.3 Å². The molecule has 1 aliphatic rings. The minimum atomic E-state index is -1.86. The van der Waals surface area contributed by atoms with Gasteiger partial charge in [-0.15, -0.1) is 0 Å². The summed E-state index contributed by atoms with van der Waals surface area (Å²) in [5, 5.41) is 23.6. The lowest BCUT2D eigenvalue weighted by atomic mass is 9.82. The number of hydrogen-bond acceptors (Lipinski definition) is 7. The van der Waals surface area contributed by atoms with Crippen molar-refractivity contribution in [3.63, 3.8) is 0 Å². The van der Waals surface area contributed by atoms with Gasteiger partial charge in [-0.2, -0.15) is 0 Å². The van der Waals surface area contributed by atoms with Crippen molar-refractivity contribution >= 4 is 34.8 Å². The third kappa shape index (κ3) is 5.75. The number of nitrogens with one attached hydrogen (secondary N) is 1. The monoisotopic (exact) mass is 495 g/mol. The van der Waals surface area contributed by atoms with Crippen LogP contribution in [0.25, 0.3) is 0 Å². The highest BCUT2D eigenvalue weighted by atomic mass is 16.5. The maximum Gasteiger partial charge on any atom is 0.305 e. The van der Waals surface area contributed by atoms with Gasteiger partial charge in [0, 0.05) is 48.0 Å². The second-order valence-corrected chi connectivity index (χ2v) is 8.79. The highest BCUT2D eigenvalue weighted by Gasteiger charge is 2.52. The largest absolute Gasteiger partial charge is 0.469 e. The van der Waals surface area contributed by atoms with Crippen molar-refractivity contribution in [2.45, 2.75) is 38.2 Å². The minimum absolute atomic E-state index is 0.0418. The Morgan fingerprint density at radius 2 is 1.92 bits per heavy atom. The van der Waals surface area contributed by atoms with E-state index in [1.165, 1.54) is 12.0 Å². The van der Waals surface area contributed by atoms with E-state index in [1.54, 1.807) is 61.5 Å². The SMILES string of the molecule is COC(=O)CCCCN1C(=O)[C@@](O)([C@@H](C)/C=C/CCO)c2cc(NC(=O)c3ccc(N)cc3)ccc21. The Kier molecular flexibility index (Phi) is 8.84. The fourth-order valence-electron chi connectivity index (χ4n) is 4.24. The Balaban J connectivity index is 1.89. The molecule has 36 heavy (non-hydrogen) atoms. The molecule has 0 spiro atoms. The molecule has 0 aliphatic carbocycles. The highest BCUT2D eigenvalue weighted by molar-refractivity contribution is 6.09. The number of nitrogens with two attached hydrogens (primary N) is 1. The van der Waals surface area contributed by atoms with Gasteiger partial charge in [0.1, 0.15) is 0 Å². The first-order valence-electron chi connectivity index (χ1n) is 11.9. The molecule has 0 saturated heterocycles. The smallest absolute Gasteiger partial charge is 0.305 e. The third-order valence-electron chi connectivity index (χ3n) is 6.32. The van der Waals surface area contributed by atoms with Crippen LogP contribution in [-0.2, 0) is 19.9 Å². The molecule has 3 rings (SSSR count). The molecule has 0 radical (unpaired) electrons. The lowest BCUT2D eigenvalue weighted by Crippen LogP contribution is -2.44. The number of aliphatic hydroxyl groups is 2. The van der Waals surface area contributed by atoms with Gasteiger partial charge in [0.25, 0.3) is 11.8 Å². The van der Waals surface area contributed by atoms with Gasteiger partial charge in [-0.25, -0.2) is 0 Å². The number of methoxy groups -OCH3 is 1. The van der Waals surface area contributed by atoms with Crippen molar-refractivity contribution in [1.29, 1.82) is 0 Å². The van der Waals surface area contributed by atoms with Gasteiger partial charge in [-0.05, 0) is 61.7 Å². The lowest BCUT2D eigenvalue weighted by Gasteiger charge is -2.28. The standard InChI is InChI=1S/C27H33N3O6/c1-18(7-4-6-16-31)27(35)22-17-21(29-25(33)19-9-11-20(28)12-10-19)13-14-23(22)30(26(27)34)15-5-3-8-24(32)36-2/h4,7,9-14,17-18,31,35H,3,5-6,8,15-16,28H2,1-2H3,(H,29,33)/b7-4+/t18-,27+/m0/s1. The molecule has 2 amide bonds. The Bertz CT molecular complexity index is 1130. The number of unbranched alkanes of at least 4 members (excludes halogenated alkanes) is 1. The van der Waals surface area contributed by atoms with E-state index < -0.39 is 17.4 Å². The number of aliphatic hydroxyl groups excluding tert-OH is 1. The molecular weight excluding hydrogens is 462 g/mol. The van der Waals surface area contributed by atoms with Gasteiger partial charge in [0.2, 0.25) is 0 Å². The average Bonchev–Trinajstić information content (AvgIpc) is 3.09. The first-order valence-corrected chi connectivity index (χ1v) is 11.9. The molecule has 1 aliphatic heterocycles. The maximum absolute atomic E-state index is 13.5. The first-order chi connectivity index (χ1) is 17.2. The molecule has 2 aromatic rings. The van der Waals surface area contributed by atoms with Gasteiger partial charge in [-0.1, -0.05) is 19.1 Å². The summed E-state index contributed by atoms with van der Waals surface area (Å²) < 4.78 is 4.67. The number of carbonyl (C=O) groups is 3. The molecule has 192 valence electrons. The number of rotatable bonds is 11. The number of fused-ring (bicyclic) bond motifs is 1. The fraction of sp³-hybridized carbons (Fsp3) is 0.370. The number of carbonyl (C=O) groups excluding carboxylic acids is 3. The summed E-state index contributed by atoms with van der Waals surface area (Å²) in [6.45, 7) is 2.01. The second kappa shape index (κ2) is 11.8. The van der Waals surface area contributed by atoms with Crippen LogP contribution in [0.2, 0.25) is 0 Å². The van der Waals surface area contributed by atoms with Gasteiger partial charge < -0.3 is 30.9 Å². The van der Waals surface area contributed by atoms with Crippen LogP contribution in [0.3, 0.4) is 0 Å². The zero-order valence-corrected chi connectivity index (χ0v) is 20.6. The van der Waals surface area contributed by atoms with Crippen LogP contribution in [0.15, 0.2) is 54.6 Å². The van der Waals surface area contributed by atoms with Crippen LogP contribution in [0.1, 0.15) is 48.5 Å². The van der Waals surface area contributed by atoms with Crippen LogP contribution in [0.4, 0.5) is 17.1 Å². The minimum Gasteiger partial charge on any atom is -0.469 e. The molecule has 2 aromatic carbocycles. The number of anilines is 3. The molecule has 0 fully saturated rings. The molecule has 1 heterocycles. The van der Waals surface area contributed by atoms with E-state index in [0.29, 0.717) is 54.0 Å². The Hall–Kier alpha value is -3.69. The van der Waals surface area contributed by atoms with Gasteiger partial charge in [0.05, 0.1) is 12.8 Å². The highest BCUT2D eigenvalue weighted by Crippen LogP contribution is 2.46. The van der Waals surface area contributed by atoms with E-state index in [4.69, 9.17) is 10.8 Å². The molecule has 0 bridgehead atoms. The summed E-state index contributed by atoms with van der Waals surface area (Å²) in [5.74, 6) is -1.74. The van der Waals surface area contributed by atoms with E-state index in [0.717, 1.165) is 0 Å². The topological polar surface area (TPSA) is 142 Å². The number of nitrogen functional groups attached to an aromatic ring is 1. The molecule has 9 nitrogen and oxygen atoms in total. The van der Waals surface area contributed by atoms with Gasteiger partial charge in [0.15, 0.2) is 5.60 Å². The van der Waals surface area contributed by atoms with Crippen molar-refractivity contribution in [3.05, 3.63) is 65.7 Å². The summed E-state index contributed by atoms with van der Waals surface area (Å²) in [4.78, 5) is 39.2. The van der Waals surface area contributed by atoms with E-state index in [2.05, 4.69) is 10.1 Å². The van der Waals surface area contributed by atoms with Crippen molar-refractivity contribution < 1.29 is 29.3 Å². The Labute approximate surface area is 210 Å². The first kappa shape index (κ1) is 26.9. The van der Waals surface area contributed by atoms with Crippen LogP contribution >= 0.6 is 0 Å². The molecule has 9 heteroatoms. The summed E-state index contributed by atoms with van der Waals surface area (Å²) in [7, 11) is 1.33. The van der Waals surface area contributed by atoms with Crippen molar-refractivity contribution in [2.75, 3.05) is 36.2 Å². The zero-order chi connectivity index (χ0) is 26.3. The van der Waals surface area contributed by atoms with E-state index in [9.17, 15) is 19.5 Å². The van der Waals surface area contributed by atoms with E-state index in [1.807, 2.05) is 0 Å². The Morgan fingerprint density at radius 3 is 2.58 bits per heavy atom. The quantitative estimate of drug-likeness (QED) is 0.162. The van der Waals surface area contributed by atoms with Crippen LogP contribution in [0, 0.1) is 5.92 Å². The molecule has 0 saturated carbocycles. The molecule has 5 N–H and O–H groups in total. The van der Waals surface area contributed by atoms with Crippen molar-refractivity contribution in [2.24, 2.45) is 5.92 Å². The average molecular weight is 496 g/mol. The predicted molar refractivity (Wildman–Crippen MR) is 137 cm³/mol. The summed E-state index contributed by atoms with van der Waals surface area (Å²) in [5.41, 5.74) is 6.17. The van der Waals surface area contributed by atoms with E-state index >= 15 is 0 Å². The number of benzene rings is 2. The number of amides is 2. The summed E-state index contributed by atoms with van der Waals surface area (Å²) >= 11 is 0. The zero-order valence-electron chi connectivity index (χ0n) is 20.6. The normalized spacial score (nSPS) is 17.8. The molecule has 0 aromatic heterocycles. The number of ether oxygens (including phenoxy) is 1. The number of hydrogen-bond donors (Lipinski definition) is 4. The lowest BCUT2D eigenvalue weighted by molar-refractivity contribution is -0.140. The fourth-order valence-corrected chi connectivity index (χ4v) is 4.24. The van der Waals surface area contributed by atoms with Gasteiger partial charge in [-0.3, -0.25) is 14.4 Å². The molecule has 0 unspecified atom stereocenters. The van der Waals surface area contributed by atoms with E-state index in [-0.39, 0.29) is 24.9 Å². The summed E-state index contributed by atoms with van der Waals surface area (Å²) in [6.07, 6.45) is 5.15. The van der Waals surface area contributed by atoms with Crippen LogP contribution < -0.4 is 16.0 Å². The molecule has 2 atom stereocenters. The number of nitrogens with zero attached hydrogens (tertiary/aromatic N) is 1. The molecular formula is C27H33N3O6. The summed E-state index contributed by atoms with van der Waals surface area (Å²) in [6, 6.07) is 11.5. The maximum atomic E-state index is 13.5. The Morgan fingerprint density at radius 1 is 1.19 bits per heavy atom. The van der Waals surface area contributed by atoms with Crippen molar-refractivity contribution in [1.82, 2.24) is 0 Å². The second-order valence-electron chi connectivity index (χ2n) is 8.79. The van der Waals surface area contributed by atoms with Crippen LogP contribution in [0.5, 0.6) is 0 Å².